The second kappa shape index (κ2) is 3.21. The summed E-state index contributed by atoms with van der Waals surface area (Å²) in [6.07, 6.45) is 1.35. The molecular formula is C10H7F2NO. The normalized spacial score (nSPS) is 10.5. The first-order chi connectivity index (χ1) is 6.68. The molecule has 0 saturated carbocycles. The minimum Gasteiger partial charge on any atom is -0.444 e. The minimum atomic E-state index is -0.674. The number of hydrogen-bond donors (Lipinski definition) is 0. The van der Waals surface area contributed by atoms with Crippen molar-refractivity contribution in [1.82, 2.24) is 4.98 Å². The van der Waals surface area contributed by atoms with E-state index >= 15 is 0 Å². The van der Waals surface area contributed by atoms with Gasteiger partial charge in [-0.25, -0.2) is 13.8 Å². The lowest BCUT2D eigenvalue weighted by Crippen LogP contribution is -1.89. The van der Waals surface area contributed by atoms with E-state index in [0.717, 1.165) is 12.1 Å². The standard InChI is InChI=1S/C10H7F2NO/c1-6-5-14-10(13-6)9-7(11)3-2-4-8(9)12/h2-5H,1H3. The minimum absolute atomic E-state index is 0.0295. The lowest BCUT2D eigenvalue weighted by molar-refractivity contribution is 0.541. The van der Waals surface area contributed by atoms with E-state index in [1.807, 2.05) is 0 Å². The largest absolute Gasteiger partial charge is 0.444 e. The number of rotatable bonds is 1. The van der Waals surface area contributed by atoms with Crippen molar-refractivity contribution in [3.8, 4) is 11.5 Å². The molecule has 0 amide bonds. The first-order valence-electron chi connectivity index (χ1n) is 4.05. The number of aryl methyl sites for hydroxylation is 1. The Labute approximate surface area is 79.2 Å². The van der Waals surface area contributed by atoms with E-state index in [2.05, 4.69) is 4.98 Å². The van der Waals surface area contributed by atoms with Crippen LogP contribution in [0, 0.1) is 18.6 Å². The summed E-state index contributed by atoms with van der Waals surface area (Å²) in [7, 11) is 0. The topological polar surface area (TPSA) is 26.0 Å². The van der Waals surface area contributed by atoms with E-state index in [-0.39, 0.29) is 11.5 Å². The highest BCUT2D eigenvalue weighted by atomic mass is 19.1. The molecule has 2 aromatic rings. The third-order valence-electron chi connectivity index (χ3n) is 1.80. The van der Waals surface area contributed by atoms with Crippen LogP contribution >= 0.6 is 0 Å². The van der Waals surface area contributed by atoms with Gasteiger partial charge >= 0.3 is 0 Å². The van der Waals surface area contributed by atoms with Gasteiger partial charge in [-0.05, 0) is 19.1 Å². The molecule has 0 aliphatic heterocycles. The number of benzene rings is 1. The average Bonchev–Trinajstić information content (AvgIpc) is 2.51. The van der Waals surface area contributed by atoms with Crippen LogP contribution in [0.2, 0.25) is 0 Å². The molecule has 0 fully saturated rings. The third kappa shape index (κ3) is 1.39. The van der Waals surface area contributed by atoms with Crippen molar-refractivity contribution in [2.24, 2.45) is 0 Å². The monoisotopic (exact) mass is 195 g/mol. The SMILES string of the molecule is Cc1coc(-c2c(F)cccc2F)n1. The quantitative estimate of drug-likeness (QED) is 0.699. The maximum absolute atomic E-state index is 13.2. The molecule has 2 nitrogen and oxygen atoms in total. The summed E-state index contributed by atoms with van der Waals surface area (Å²) in [6.45, 7) is 1.69. The zero-order valence-corrected chi connectivity index (χ0v) is 7.42. The molecular weight excluding hydrogens is 188 g/mol. The van der Waals surface area contributed by atoms with E-state index in [4.69, 9.17) is 4.42 Å². The number of nitrogens with zero attached hydrogens (tertiary/aromatic N) is 1. The summed E-state index contributed by atoms with van der Waals surface area (Å²) >= 11 is 0. The van der Waals surface area contributed by atoms with Crippen molar-refractivity contribution in [3.05, 3.63) is 41.8 Å². The Bertz CT molecular complexity index is 445. The van der Waals surface area contributed by atoms with Crippen LogP contribution in [0.25, 0.3) is 11.5 Å². The van der Waals surface area contributed by atoms with Crippen LogP contribution < -0.4 is 0 Å². The maximum Gasteiger partial charge on any atom is 0.232 e. The molecule has 1 aromatic carbocycles. The predicted octanol–water partition coefficient (Wildman–Crippen LogP) is 2.93. The smallest absolute Gasteiger partial charge is 0.232 e. The van der Waals surface area contributed by atoms with Gasteiger partial charge < -0.3 is 4.42 Å². The Kier molecular flexibility index (Phi) is 2.04. The molecule has 0 aliphatic carbocycles. The van der Waals surface area contributed by atoms with Crippen molar-refractivity contribution in [3.63, 3.8) is 0 Å². The van der Waals surface area contributed by atoms with Gasteiger partial charge in [-0.2, -0.15) is 0 Å². The van der Waals surface area contributed by atoms with Gasteiger partial charge in [-0.1, -0.05) is 6.07 Å². The van der Waals surface area contributed by atoms with E-state index in [1.165, 1.54) is 12.3 Å². The van der Waals surface area contributed by atoms with Gasteiger partial charge in [0, 0.05) is 0 Å². The van der Waals surface area contributed by atoms with E-state index in [9.17, 15) is 8.78 Å². The highest BCUT2D eigenvalue weighted by Crippen LogP contribution is 2.24. The highest BCUT2D eigenvalue weighted by Gasteiger charge is 2.15. The van der Waals surface area contributed by atoms with Gasteiger partial charge in [-0.3, -0.25) is 0 Å². The van der Waals surface area contributed by atoms with Crippen molar-refractivity contribution in [2.75, 3.05) is 0 Å². The van der Waals surface area contributed by atoms with Crippen molar-refractivity contribution >= 4 is 0 Å². The Morgan fingerprint density at radius 2 is 1.86 bits per heavy atom. The van der Waals surface area contributed by atoms with E-state index in [0.29, 0.717) is 5.69 Å². The molecule has 14 heavy (non-hydrogen) atoms. The van der Waals surface area contributed by atoms with Crippen LogP contribution in [-0.4, -0.2) is 4.98 Å². The Balaban J connectivity index is 2.61. The molecule has 0 saturated heterocycles. The summed E-state index contributed by atoms with van der Waals surface area (Å²) in [5.41, 5.74) is 0.364. The van der Waals surface area contributed by atoms with E-state index < -0.39 is 11.6 Å². The predicted molar refractivity (Wildman–Crippen MR) is 46.6 cm³/mol. The van der Waals surface area contributed by atoms with Gasteiger partial charge in [0.1, 0.15) is 23.5 Å². The van der Waals surface area contributed by atoms with E-state index in [1.54, 1.807) is 6.92 Å². The second-order valence-electron chi connectivity index (χ2n) is 2.89. The van der Waals surface area contributed by atoms with Crippen LogP contribution in [0.5, 0.6) is 0 Å². The summed E-state index contributed by atoms with van der Waals surface area (Å²) in [6, 6.07) is 3.62. The molecule has 0 unspecified atom stereocenters. The molecule has 2 rings (SSSR count). The Morgan fingerprint density at radius 1 is 1.21 bits per heavy atom. The first-order valence-corrected chi connectivity index (χ1v) is 4.05. The molecule has 0 N–H and O–H groups in total. The molecule has 4 heteroatoms. The number of oxazole rings is 1. The second-order valence-corrected chi connectivity index (χ2v) is 2.89. The highest BCUT2D eigenvalue weighted by molar-refractivity contribution is 5.54. The van der Waals surface area contributed by atoms with Crippen LogP contribution in [-0.2, 0) is 0 Å². The van der Waals surface area contributed by atoms with Crippen LogP contribution in [0.1, 0.15) is 5.69 Å². The third-order valence-corrected chi connectivity index (χ3v) is 1.80. The van der Waals surface area contributed by atoms with Crippen LogP contribution in [0.4, 0.5) is 8.78 Å². The summed E-state index contributed by atoms with van der Waals surface area (Å²) in [5, 5.41) is 0. The molecule has 1 aromatic heterocycles. The fourth-order valence-electron chi connectivity index (χ4n) is 1.17. The maximum atomic E-state index is 13.2. The number of aromatic nitrogens is 1. The molecule has 0 spiro atoms. The van der Waals surface area contributed by atoms with Gasteiger partial charge in [0.15, 0.2) is 0 Å². The number of hydrogen-bond acceptors (Lipinski definition) is 2. The summed E-state index contributed by atoms with van der Waals surface area (Å²) in [4.78, 5) is 3.86. The summed E-state index contributed by atoms with van der Waals surface area (Å²) < 4.78 is 31.3. The fraction of sp³-hybridized carbons (Fsp3) is 0.100. The van der Waals surface area contributed by atoms with Gasteiger partial charge in [0.25, 0.3) is 0 Å². The lowest BCUT2D eigenvalue weighted by Gasteiger charge is -1.98. The first kappa shape index (κ1) is 8.87. The Hall–Kier alpha value is -1.71. The molecule has 0 atom stereocenters. The van der Waals surface area contributed by atoms with Crippen LogP contribution in [0.15, 0.2) is 28.9 Å². The zero-order chi connectivity index (χ0) is 10.1. The van der Waals surface area contributed by atoms with Crippen molar-refractivity contribution in [1.29, 1.82) is 0 Å². The molecule has 0 radical (unpaired) electrons. The van der Waals surface area contributed by atoms with Gasteiger partial charge in [-0.15, -0.1) is 0 Å². The molecule has 0 bridgehead atoms. The lowest BCUT2D eigenvalue weighted by atomic mass is 10.2. The molecule has 72 valence electrons. The summed E-state index contributed by atoms with van der Waals surface area (Å²) in [5.74, 6) is -1.38. The van der Waals surface area contributed by atoms with Crippen molar-refractivity contribution in [2.45, 2.75) is 6.92 Å². The van der Waals surface area contributed by atoms with Crippen LogP contribution in [0.3, 0.4) is 0 Å². The fourth-order valence-corrected chi connectivity index (χ4v) is 1.17. The van der Waals surface area contributed by atoms with Gasteiger partial charge in [0.05, 0.1) is 5.69 Å². The van der Waals surface area contributed by atoms with Crippen molar-refractivity contribution < 1.29 is 13.2 Å². The zero-order valence-electron chi connectivity index (χ0n) is 7.42. The Morgan fingerprint density at radius 3 is 2.36 bits per heavy atom. The van der Waals surface area contributed by atoms with Gasteiger partial charge in [0.2, 0.25) is 5.89 Å². The average molecular weight is 195 g/mol. The number of halogens is 2. The molecule has 0 aliphatic rings. The molecule has 1 heterocycles.